The van der Waals surface area contributed by atoms with Crippen molar-refractivity contribution in [3.05, 3.63) is 39.9 Å². The molecule has 0 amide bonds. The van der Waals surface area contributed by atoms with E-state index in [0.29, 0.717) is 0 Å². The van der Waals surface area contributed by atoms with Crippen LogP contribution in [0.4, 0.5) is 0 Å². The summed E-state index contributed by atoms with van der Waals surface area (Å²) < 4.78 is 1.12. The van der Waals surface area contributed by atoms with E-state index in [2.05, 4.69) is 28.9 Å². The number of hydrogen-bond acceptors (Lipinski definition) is 2. The lowest BCUT2D eigenvalue weighted by atomic mass is 10.1. The second kappa shape index (κ2) is 6.13. The summed E-state index contributed by atoms with van der Waals surface area (Å²) in [7, 11) is 0. The van der Waals surface area contributed by atoms with Crippen LogP contribution < -0.4 is 0 Å². The maximum absolute atomic E-state index is 10.7. The molecule has 0 aromatic heterocycles. The first-order chi connectivity index (χ1) is 7.09. The number of thioether (sulfide) groups is 1. The van der Waals surface area contributed by atoms with Crippen LogP contribution in [0.3, 0.4) is 0 Å². The molecule has 0 atom stereocenters. The average Bonchev–Trinajstić information content (AvgIpc) is 2.18. The van der Waals surface area contributed by atoms with Gasteiger partial charge in [-0.05, 0) is 24.1 Å². The van der Waals surface area contributed by atoms with E-state index in [9.17, 15) is 4.79 Å². The molecule has 1 aromatic carbocycles. The molecule has 0 aliphatic carbocycles. The molecule has 0 heterocycles. The van der Waals surface area contributed by atoms with Crippen molar-refractivity contribution in [3.63, 3.8) is 0 Å². The largest absolute Gasteiger partial charge is 0.288 e. The van der Waals surface area contributed by atoms with Crippen LogP contribution >= 0.6 is 27.7 Å². The molecule has 1 aromatic rings. The summed E-state index contributed by atoms with van der Waals surface area (Å²) >= 11 is 4.78. The Morgan fingerprint density at radius 3 is 2.87 bits per heavy atom. The van der Waals surface area contributed by atoms with Gasteiger partial charge in [-0.25, -0.2) is 0 Å². The molecule has 0 aliphatic rings. The minimum atomic E-state index is 0.159. The number of halogens is 1. The fraction of sp³-hybridized carbons (Fsp3) is 0.250. The average molecular weight is 285 g/mol. The highest BCUT2D eigenvalue weighted by atomic mass is 79.9. The van der Waals surface area contributed by atoms with Gasteiger partial charge in [0.05, 0.1) is 0 Å². The van der Waals surface area contributed by atoms with E-state index in [0.717, 1.165) is 10.2 Å². The van der Waals surface area contributed by atoms with Gasteiger partial charge in [0.25, 0.3) is 0 Å². The number of hydrogen-bond donors (Lipinski definition) is 0. The van der Waals surface area contributed by atoms with Crippen LogP contribution in [0.2, 0.25) is 0 Å². The molecule has 0 saturated heterocycles. The summed E-state index contributed by atoms with van der Waals surface area (Å²) in [5, 5.41) is 0.159. The first-order valence-corrected chi connectivity index (χ1v) is 6.43. The Morgan fingerprint density at radius 2 is 2.27 bits per heavy atom. The zero-order valence-corrected chi connectivity index (χ0v) is 11.2. The summed E-state index contributed by atoms with van der Waals surface area (Å²) in [6.07, 6.45) is 4.05. The third-order valence-electron chi connectivity index (χ3n) is 1.88. The standard InChI is InChI=1S/C12H13BrOS/c1-9-8-11(5-6-12(9)13)4-3-7-15-10(2)14/h3-6,8H,7H2,1-2H3. The molecule has 0 aliphatic heterocycles. The summed E-state index contributed by atoms with van der Waals surface area (Å²) in [6, 6.07) is 6.19. The van der Waals surface area contributed by atoms with Crippen molar-refractivity contribution in [1.29, 1.82) is 0 Å². The first kappa shape index (κ1) is 12.5. The van der Waals surface area contributed by atoms with E-state index in [-0.39, 0.29) is 5.12 Å². The van der Waals surface area contributed by atoms with Crippen LogP contribution in [0.5, 0.6) is 0 Å². The zero-order chi connectivity index (χ0) is 11.3. The highest BCUT2D eigenvalue weighted by molar-refractivity contribution is 9.10. The second-order valence-corrected chi connectivity index (χ2v) is 5.26. The predicted molar refractivity (Wildman–Crippen MR) is 71.1 cm³/mol. The van der Waals surface area contributed by atoms with Crippen molar-refractivity contribution in [2.75, 3.05) is 5.75 Å². The Labute approximate surface area is 103 Å². The van der Waals surface area contributed by atoms with Crippen molar-refractivity contribution in [2.24, 2.45) is 0 Å². The van der Waals surface area contributed by atoms with E-state index in [1.54, 1.807) is 6.92 Å². The summed E-state index contributed by atoms with van der Waals surface area (Å²) in [5.74, 6) is 0.741. The van der Waals surface area contributed by atoms with E-state index in [1.807, 2.05) is 24.3 Å². The Hall–Kier alpha value is -0.540. The quantitative estimate of drug-likeness (QED) is 0.833. The molecule has 1 rings (SSSR count). The lowest BCUT2D eigenvalue weighted by Gasteiger charge is -1.99. The van der Waals surface area contributed by atoms with Gasteiger partial charge in [-0.3, -0.25) is 4.79 Å². The van der Waals surface area contributed by atoms with Gasteiger partial charge in [-0.2, -0.15) is 0 Å². The number of benzene rings is 1. The van der Waals surface area contributed by atoms with Crippen molar-refractivity contribution in [1.82, 2.24) is 0 Å². The van der Waals surface area contributed by atoms with Crippen LogP contribution in [0.25, 0.3) is 6.08 Å². The summed E-state index contributed by atoms with van der Waals surface area (Å²) in [5.41, 5.74) is 2.39. The summed E-state index contributed by atoms with van der Waals surface area (Å²) in [6.45, 7) is 3.65. The van der Waals surface area contributed by atoms with Gasteiger partial charge in [0.15, 0.2) is 5.12 Å². The zero-order valence-electron chi connectivity index (χ0n) is 8.79. The predicted octanol–water partition coefficient (Wildman–Crippen LogP) is 4.05. The molecular weight excluding hydrogens is 272 g/mol. The van der Waals surface area contributed by atoms with E-state index in [1.165, 1.54) is 22.9 Å². The molecule has 0 radical (unpaired) electrons. The number of rotatable bonds is 3. The molecule has 80 valence electrons. The SMILES string of the molecule is CC(=O)SCC=Cc1ccc(Br)c(C)c1. The highest BCUT2D eigenvalue weighted by Gasteiger charge is 1.94. The second-order valence-electron chi connectivity index (χ2n) is 3.21. The minimum absolute atomic E-state index is 0.159. The Morgan fingerprint density at radius 1 is 1.53 bits per heavy atom. The normalized spacial score (nSPS) is 10.9. The maximum atomic E-state index is 10.7. The topological polar surface area (TPSA) is 17.1 Å². The molecule has 0 N–H and O–H groups in total. The van der Waals surface area contributed by atoms with Crippen LogP contribution in [-0.4, -0.2) is 10.9 Å². The van der Waals surface area contributed by atoms with Gasteiger partial charge in [0.1, 0.15) is 0 Å². The molecule has 3 heteroatoms. The van der Waals surface area contributed by atoms with Gasteiger partial charge in [0.2, 0.25) is 0 Å². The van der Waals surface area contributed by atoms with Crippen LogP contribution in [0.1, 0.15) is 18.1 Å². The molecule has 1 nitrogen and oxygen atoms in total. The smallest absolute Gasteiger partial charge is 0.186 e. The number of carbonyl (C=O) groups excluding carboxylic acids is 1. The Bertz CT molecular complexity index is 385. The molecule has 0 fully saturated rings. The van der Waals surface area contributed by atoms with Crippen LogP contribution in [0, 0.1) is 6.92 Å². The van der Waals surface area contributed by atoms with Crippen molar-refractivity contribution in [3.8, 4) is 0 Å². The van der Waals surface area contributed by atoms with E-state index in [4.69, 9.17) is 0 Å². The Kier molecular flexibility index (Phi) is 5.12. The molecule has 15 heavy (non-hydrogen) atoms. The van der Waals surface area contributed by atoms with Gasteiger partial charge in [0, 0.05) is 17.1 Å². The van der Waals surface area contributed by atoms with Crippen LogP contribution in [0.15, 0.2) is 28.7 Å². The maximum Gasteiger partial charge on any atom is 0.186 e. The van der Waals surface area contributed by atoms with Gasteiger partial charge in [-0.1, -0.05) is 52.0 Å². The van der Waals surface area contributed by atoms with Gasteiger partial charge >= 0.3 is 0 Å². The van der Waals surface area contributed by atoms with E-state index < -0.39 is 0 Å². The third kappa shape index (κ3) is 4.67. The third-order valence-corrected chi connectivity index (χ3v) is 3.53. The van der Waals surface area contributed by atoms with E-state index >= 15 is 0 Å². The van der Waals surface area contributed by atoms with Crippen molar-refractivity contribution >= 4 is 38.9 Å². The highest BCUT2D eigenvalue weighted by Crippen LogP contribution is 2.18. The lowest BCUT2D eigenvalue weighted by Crippen LogP contribution is -1.82. The van der Waals surface area contributed by atoms with Gasteiger partial charge < -0.3 is 0 Å². The van der Waals surface area contributed by atoms with Crippen LogP contribution in [-0.2, 0) is 4.79 Å². The van der Waals surface area contributed by atoms with Crippen molar-refractivity contribution < 1.29 is 4.79 Å². The number of carbonyl (C=O) groups is 1. The number of aryl methyl sites for hydroxylation is 1. The van der Waals surface area contributed by atoms with Gasteiger partial charge in [-0.15, -0.1) is 0 Å². The fourth-order valence-corrected chi connectivity index (χ4v) is 1.80. The minimum Gasteiger partial charge on any atom is -0.288 e. The molecular formula is C12H13BrOS. The fourth-order valence-electron chi connectivity index (χ4n) is 1.12. The summed E-state index contributed by atoms with van der Waals surface area (Å²) in [4.78, 5) is 10.7. The molecule has 0 spiro atoms. The Balaban J connectivity index is 2.57. The van der Waals surface area contributed by atoms with Crippen molar-refractivity contribution in [2.45, 2.75) is 13.8 Å². The lowest BCUT2D eigenvalue weighted by molar-refractivity contribution is -0.109. The molecule has 0 unspecified atom stereocenters. The monoisotopic (exact) mass is 284 g/mol. The molecule has 0 saturated carbocycles. The molecule has 0 bridgehead atoms. The first-order valence-electron chi connectivity index (χ1n) is 4.65.